The third-order valence-corrected chi connectivity index (χ3v) is 5.48. The van der Waals surface area contributed by atoms with E-state index >= 15 is 0 Å². The standard InChI is InChI=1S/C10H18O2S/c1-7-8-6-10(7,2)5-3-4-9(8)13(11)12/h7-9H,3-6H2,1-2H3,(H,11,12)/p-1/t7?,8?,9-,10?/m1/s1. The molecule has 0 saturated heterocycles. The normalized spacial score (nSPS) is 52.1. The minimum atomic E-state index is -1.84. The molecule has 0 aromatic carbocycles. The summed E-state index contributed by atoms with van der Waals surface area (Å²) in [7, 11) is 0. The van der Waals surface area contributed by atoms with Crippen molar-refractivity contribution < 1.29 is 8.76 Å². The predicted octanol–water partition coefficient (Wildman–Crippen LogP) is 2.08. The van der Waals surface area contributed by atoms with Gasteiger partial charge in [0, 0.05) is 5.25 Å². The van der Waals surface area contributed by atoms with Crippen molar-refractivity contribution in [3.8, 4) is 0 Å². The van der Waals surface area contributed by atoms with Gasteiger partial charge in [-0.2, -0.15) is 0 Å². The summed E-state index contributed by atoms with van der Waals surface area (Å²) in [5, 5.41) is -0.0504. The van der Waals surface area contributed by atoms with Crippen LogP contribution >= 0.6 is 0 Å². The zero-order valence-corrected chi connectivity index (χ0v) is 9.10. The van der Waals surface area contributed by atoms with Gasteiger partial charge < -0.3 is 4.55 Å². The van der Waals surface area contributed by atoms with Gasteiger partial charge in [0.2, 0.25) is 0 Å². The van der Waals surface area contributed by atoms with Gasteiger partial charge in [0.15, 0.2) is 0 Å². The lowest BCUT2D eigenvalue weighted by Gasteiger charge is -2.53. The maximum atomic E-state index is 11.0. The minimum absolute atomic E-state index is 0.0504. The molecule has 3 aliphatic carbocycles. The Kier molecular flexibility index (Phi) is 2.27. The van der Waals surface area contributed by atoms with Crippen LogP contribution in [0.4, 0.5) is 0 Å². The number of rotatable bonds is 1. The molecular formula is C10H17O2S-. The second-order valence-electron chi connectivity index (χ2n) is 5.00. The zero-order chi connectivity index (χ0) is 9.64. The van der Waals surface area contributed by atoms with Crippen LogP contribution in [0.2, 0.25) is 0 Å². The molecule has 3 rings (SSSR count). The molecule has 3 aliphatic rings. The molecular weight excluding hydrogens is 184 g/mol. The van der Waals surface area contributed by atoms with Crippen LogP contribution in [0.1, 0.15) is 39.5 Å². The highest BCUT2D eigenvalue weighted by atomic mass is 32.2. The molecule has 0 aromatic heterocycles. The quantitative estimate of drug-likeness (QED) is 0.609. The first-order valence-electron chi connectivity index (χ1n) is 5.13. The molecule has 76 valence electrons. The molecule has 3 fully saturated rings. The topological polar surface area (TPSA) is 40.1 Å². The number of hydrogen-bond acceptors (Lipinski definition) is 2. The van der Waals surface area contributed by atoms with Crippen LogP contribution in [0.25, 0.3) is 0 Å². The third-order valence-electron chi connectivity index (χ3n) is 4.40. The largest absolute Gasteiger partial charge is 0.772 e. The SMILES string of the molecule is CC1C2CC1(C)CCC[C@H]2S(=O)[O-]. The highest BCUT2D eigenvalue weighted by Crippen LogP contribution is 2.58. The van der Waals surface area contributed by atoms with Crippen molar-refractivity contribution in [1.82, 2.24) is 0 Å². The summed E-state index contributed by atoms with van der Waals surface area (Å²) < 4.78 is 22.0. The van der Waals surface area contributed by atoms with Crippen molar-refractivity contribution >= 4 is 11.1 Å². The molecule has 4 unspecified atom stereocenters. The molecule has 0 heterocycles. The van der Waals surface area contributed by atoms with Gasteiger partial charge in [-0.15, -0.1) is 0 Å². The lowest BCUT2D eigenvalue weighted by atomic mass is 9.54. The number of hydrogen-bond donors (Lipinski definition) is 0. The van der Waals surface area contributed by atoms with Crippen LogP contribution in [0.15, 0.2) is 0 Å². The van der Waals surface area contributed by atoms with Crippen molar-refractivity contribution in [2.75, 3.05) is 0 Å². The first-order valence-corrected chi connectivity index (χ1v) is 6.26. The molecule has 0 radical (unpaired) electrons. The van der Waals surface area contributed by atoms with Crippen molar-refractivity contribution in [1.29, 1.82) is 0 Å². The van der Waals surface area contributed by atoms with Crippen LogP contribution < -0.4 is 0 Å². The van der Waals surface area contributed by atoms with E-state index in [9.17, 15) is 8.76 Å². The van der Waals surface area contributed by atoms with E-state index in [0.717, 1.165) is 19.3 Å². The fourth-order valence-corrected chi connectivity index (χ4v) is 4.18. The molecule has 3 saturated carbocycles. The van der Waals surface area contributed by atoms with Crippen molar-refractivity contribution in [3.63, 3.8) is 0 Å². The van der Waals surface area contributed by atoms with E-state index in [-0.39, 0.29) is 5.25 Å². The second-order valence-corrected chi connectivity index (χ2v) is 6.13. The van der Waals surface area contributed by atoms with E-state index in [1.54, 1.807) is 0 Å². The average Bonchev–Trinajstić information content (AvgIpc) is 2.31. The van der Waals surface area contributed by atoms with Crippen LogP contribution in [0.3, 0.4) is 0 Å². The summed E-state index contributed by atoms with van der Waals surface area (Å²) in [4.78, 5) is 0. The Balaban J connectivity index is 2.16. The summed E-state index contributed by atoms with van der Waals surface area (Å²) in [6.07, 6.45) is 4.34. The van der Waals surface area contributed by atoms with Crippen molar-refractivity contribution in [3.05, 3.63) is 0 Å². The molecule has 0 N–H and O–H groups in total. The molecule has 0 aromatic rings. The third kappa shape index (κ3) is 1.37. The van der Waals surface area contributed by atoms with Gasteiger partial charge in [0.1, 0.15) is 0 Å². The zero-order valence-electron chi connectivity index (χ0n) is 8.29. The van der Waals surface area contributed by atoms with Crippen molar-refractivity contribution in [2.45, 2.75) is 44.8 Å². The van der Waals surface area contributed by atoms with E-state index in [0.29, 0.717) is 17.3 Å². The average molecular weight is 201 g/mol. The fourth-order valence-electron chi connectivity index (χ4n) is 3.20. The van der Waals surface area contributed by atoms with Crippen LogP contribution in [-0.4, -0.2) is 14.0 Å². The summed E-state index contributed by atoms with van der Waals surface area (Å²) in [5.41, 5.74) is 0.457. The summed E-state index contributed by atoms with van der Waals surface area (Å²) in [6.45, 7) is 4.53. The maximum absolute atomic E-state index is 11.0. The molecule has 2 bridgehead atoms. The monoisotopic (exact) mass is 201 g/mol. The highest BCUT2D eigenvalue weighted by Gasteiger charge is 2.52. The summed E-state index contributed by atoms with van der Waals surface area (Å²) >= 11 is -1.84. The Bertz CT molecular complexity index is 241. The summed E-state index contributed by atoms with van der Waals surface area (Å²) in [6, 6.07) is 0. The van der Waals surface area contributed by atoms with E-state index < -0.39 is 11.1 Å². The lowest BCUT2D eigenvalue weighted by Crippen LogP contribution is -2.48. The minimum Gasteiger partial charge on any atom is -0.772 e. The van der Waals surface area contributed by atoms with Crippen LogP contribution in [-0.2, 0) is 11.1 Å². The maximum Gasteiger partial charge on any atom is 0.0247 e. The molecule has 0 spiro atoms. The lowest BCUT2D eigenvalue weighted by molar-refractivity contribution is -0.00778. The first kappa shape index (κ1) is 9.66. The van der Waals surface area contributed by atoms with Gasteiger partial charge in [0.25, 0.3) is 0 Å². The Morgan fingerprint density at radius 1 is 1.54 bits per heavy atom. The second kappa shape index (κ2) is 3.06. The Morgan fingerprint density at radius 3 is 2.77 bits per heavy atom. The van der Waals surface area contributed by atoms with Gasteiger partial charge in [-0.05, 0) is 36.5 Å². The van der Waals surface area contributed by atoms with Gasteiger partial charge in [-0.3, -0.25) is 4.21 Å². The number of fused-ring (bicyclic) bond motifs is 3. The molecule has 5 atom stereocenters. The highest BCUT2D eigenvalue weighted by molar-refractivity contribution is 7.79. The molecule has 2 nitrogen and oxygen atoms in total. The first-order chi connectivity index (χ1) is 6.04. The van der Waals surface area contributed by atoms with E-state index in [2.05, 4.69) is 13.8 Å². The molecule has 0 amide bonds. The molecule has 3 heteroatoms. The van der Waals surface area contributed by atoms with E-state index in [1.165, 1.54) is 6.42 Å². The van der Waals surface area contributed by atoms with Gasteiger partial charge in [0.05, 0.1) is 0 Å². The Hall–Kier alpha value is 0.110. The predicted molar refractivity (Wildman–Crippen MR) is 51.9 cm³/mol. The molecule has 13 heavy (non-hydrogen) atoms. The molecule has 0 aliphatic heterocycles. The van der Waals surface area contributed by atoms with Gasteiger partial charge in [-0.1, -0.05) is 31.3 Å². The fraction of sp³-hybridized carbons (Fsp3) is 1.00. The smallest absolute Gasteiger partial charge is 0.0247 e. The summed E-state index contributed by atoms with van der Waals surface area (Å²) in [5.74, 6) is 1.06. The van der Waals surface area contributed by atoms with Crippen LogP contribution in [0.5, 0.6) is 0 Å². The van der Waals surface area contributed by atoms with E-state index in [4.69, 9.17) is 0 Å². The van der Waals surface area contributed by atoms with E-state index in [1.807, 2.05) is 0 Å². The van der Waals surface area contributed by atoms with Gasteiger partial charge >= 0.3 is 0 Å². The van der Waals surface area contributed by atoms with Crippen LogP contribution in [0, 0.1) is 17.3 Å². The Morgan fingerprint density at radius 2 is 2.23 bits per heavy atom. The van der Waals surface area contributed by atoms with Crippen molar-refractivity contribution in [2.24, 2.45) is 17.3 Å². The van der Waals surface area contributed by atoms with Gasteiger partial charge in [-0.25, -0.2) is 0 Å². The Labute approximate surface area is 82.4 Å².